The summed E-state index contributed by atoms with van der Waals surface area (Å²) in [6.45, 7) is 3.24. The van der Waals surface area contributed by atoms with Gasteiger partial charge >= 0.3 is 0 Å². The lowest BCUT2D eigenvalue weighted by atomic mass is 10.1. The molecule has 1 aliphatic rings. The lowest BCUT2D eigenvalue weighted by molar-refractivity contribution is 0.762. The molecule has 0 amide bonds. The predicted molar refractivity (Wildman–Crippen MR) is 68.1 cm³/mol. The van der Waals surface area contributed by atoms with Crippen molar-refractivity contribution in [3.05, 3.63) is 29.8 Å². The fourth-order valence-corrected chi connectivity index (χ4v) is 2.08. The molecule has 3 nitrogen and oxygen atoms in total. The van der Waals surface area contributed by atoms with Crippen LogP contribution in [0.15, 0.2) is 24.3 Å². The third-order valence-electron chi connectivity index (χ3n) is 2.96. The number of para-hydroxylation sites is 1. The van der Waals surface area contributed by atoms with Crippen molar-refractivity contribution in [2.24, 2.45) is 5.73 Å². The number of hydrogen-bond acceptors (Lipinski definition) is 2. The van der Waals surface area contributed by atoms with Crippen LogP contribution in [0.3, 0.4) is 0 Å². The van der Waals surface area contributed by atoms with Crippen molar-refractivity contribution >= 4 is 11.5 Å². The smallest absolute Gasteiger partial charge is 0.124 e. The van der Waals surface area contributed by atoms with E-state index in [4.69, 9.17) is 11.1 Å². The standard InChI is InChI=1S/C13H19N3/c1-2-9-16(10-7-8-10)12-6-4-3-5-11(12)13(14)15/h3-6,10H,2,7-9H2,1H3,(H3,14,15). The van der Waals surface area contributed by atoms with Crippen LogP contribution in [-0.2, 0) is 0 Å². The molecule has 1 fully saturated rings. The van der Waals surface area contributed by atoms with Gasteiger partial charge in [-0.2, -0.15) is 0 Å². The summed E-state index contributed by atoms with van der Waals surface area (Å²) in [5.74, 6) is 0.164. The maximum Gasteiger partial charge on any atom is 0.124 e. The van der Waals surface area contributed by atoms with Gasteiger partial charge in [-0.1, -0.05) is 19.1 Å². The summed E-state index contributed by atoms with van der Waals surface area (Å²) in [5, 5.41) is 7.61. The Balaban J connectivity index is 2.32. The zero-order chi connectivity index (χ0) is 11.5. The summed E-state index contributed by atoms with van der Waals surface area (Å²) in [5.41, 5.74) is 7.61. The Morgan fingerprint density at radius 1 is 1.44 bits per heavy atom. The van der Waals surface area contributed by atoms with Gasteiger partial charge in [-0.15, -0.1) is 0 Å². The second-order valence-electron chi connectivity index (χ2n) is 4.36. The van der Waals surface area contributed by atoms with Crippen molar-refractivity contribution in [2.75, 3.05) is 11.4 Å². The first-order valence-electron chi connectivity index (χ1n) is 5.94. The van der Waals surface area contributed by atoms with E-state index in [2.05, 4.69) is 17.9 Å². The van der Waals surface area contributed by atoms with Gasteiger partial charge in [0.15, 0.2) is 0 Å². The van der Waals surface area contributed by atoms with E-state index in [-0.39, 0.29) is 5.84 Å². The highest BCUT2D eigenvalue weighted by Gasteiger charge is 2.29. The maximum atomic E-state index is 7.61. The lowest BCUT2D eigenvalue weighted by Crippen LogP contribution is -2.29. The van der Waals surface area contributed by atoms with Gasteiger partial charge in [-0.3, -0.25) is 5.41 Å². The average Bonchev–Trinajstić information content (AvgIpc) is 3.10. The molecule has 0 unspecified atom stereocenters. The zero-order valence-electron chi connectivity index (χ0n) is 9.74. The summed E-state index contributed by atoms with van der Waals surface area (Å²) in [6.07, 6.45) is 3.67. The molecule has 3 N–H and O–H groups in total. The van der Waals surface area contributed by atoms with Gasteiger partial charge < -0.3 is 10.6 Å². The number of nitrogens with two attached hydrogens (primary N) is 1. The van der Waals surface area contributed by atoms with E-state index in [0.29, 0.717) is 6.04 Å². The third-order valence-corrected chi connectivity index (χ3v) is 2.96. The van der Waals surface area contributed by atoms with Crippen molar-refractivity contribution in [3.63, 3.8) is 0 Å². The number of anilines is 1. The van der Waals surface area contributed by atoms with Gasteiger partial charge in [-0.05, 0) is 31.4 Å². The number of rotatable bonds is 5. The molecule has 1 aliphatic carbocycles. The van der Waals surface area contributed by atoms with Crippen molar-refractivity contribution in [1.29, 1.82) is 5.41 Å². The van der Waals surface area contributed by atoms with Crippen LogP contribution in [0.4, 0.5) is 5.69 Å². The van der Waals surface area contributed by atoms with Gasteiger partial charge in [0.25, 0.3) is 0 Å². The highest BCUT2D eigenvalue weighted by molar-refractivity contribution is 6.00. The number of amidine groups is 1. The minimum atomic E-state index is 0.164. The highest BCUT2D eigenvalue weighted by atomic mass is 15.2. The number of nitrogens with one attached hydrogen (secondary N) is 1. The van der Waals surface area contributed by atoms with Gasteiger partial charge in [0.05, 0.1) is 0 Å². The molecular weight excluding hydrogens is 198 g/mol. The lowest BCUT2D eigenvalue weighted by Gasteiger charge is -2.26. The molecule has 16 heavy (non-hydrogen) atoms. The molecule has 0 saturated heterocycles. The number of hydrogen-bond donors (Lipinski definition) is 2. The molecule has 0 spiro atoms. The van der Waals surface area contributed by atoms with Gasteiger partial charge in [0, 0.05) is 23.8 Å². The molecule has 0 bridgehead atoms. The fourth-order valence-electron chi connectivity index (χ4n) is 2.08. The van der Waals surface area contributed by atoms with Crippen molar-refractivity contribution in [2.45, 2.75) is 32.2 Å². The summed E-state index contributed by atoms with van der Waals surface area (Å²) < 4.78 is 0. The van der Waals surface area contributed by atoms with Crippen LogP contribution in [0.5, 0.6) is 0 Å². The molecule has 0 radical (unpaired) electrons. The van der Waals surface area contributed by atoms with Crippen molar-refractivity contribution in [1.82, 2.24) is 0 Å². The van der Waals surface area contributed by atoms with Gasteiger partial charge in [0.1, 0.15) is 5.84 Å². The van der Waals surface area contributed by atoms with E-state index < -0.39 is 0 Å². The largest absolute Gasteiger partial charge is 0.384 e. The normalized spacial score (nSPS) is 14.8. The number of nitrogen functional groups attached to an aromatic ring is 1. The molecule has 2 rings (SSSR count). The Morgan fingerprint density at radius 3 is 2.69 bits per heavy atom. The Labute approximate surface area is 96.8 Å². The first-order valence-corrected chi connectivity index (χ1v) is 5.94. The van der Waals surface area contributed by atoms with Crippen LogP contribution in [0.25, 0.3) is 0 Å². The Hall–Kier alpha value is -1.51. The van der Waals surface area contributed by atoms with Crippen molar-refractivity contribution in [3.8, 4) is 0 Å². The Bertz CT molecular complexity index is 383. The minimum Gasteiger partial charge on any atom is -0.384 e. The van der Waals surface area contributed by atoms with E-state index in [1.807, 2.05) is 18.2 Å². The summed E-state index contributed by atoms with van der Waals surface area (Å²) >= 11 is 0. The molecule has 0 atom stereocenters. The van der Waals surface area contributed by atoms with Crippen LogP contribution in [0, 0.1) is 5.41 Å². The van der Waals surface area contributed by atoms with Crippen LogP contribution in [0.2, 0.25) is 0 Å². The van der Waals surface area contributed by atoms with Crippen LogP contribution >= 0.6 is 0 Å². The van der Waals surface area contributed by atoms with Crippen LogP contribution in [-0.4, -0.2) is 18.4 Å². The third kappa shape index (κ3) is 2.18. The molecule has 0 aliphatic heterocycles. The Kier molecular flexibility index (Phi) is 3.13. The van der Waals surface area contributed by atoms with Gasteiger partial charge in [0.2, 0.25) is 0 Å². The number of benzene rings is 1. The molecule has 0 aromatic heterocycles. The molecule has 1 aromatic carbocycles. The van der Waals surface area contributed by atoms with Crippen LogP contribution < -0.4 is 10.6 Å². The van der Waals surface area contributed by atoms with Gasteiger partial charge in [-0.25, -0.2) is 0 Å². The highest BCUT2D eigenvalue weighted by Crippen LogP contribution is 2.33. The van der Waals surface area contributed by atoms with E-state index in [1.54, 1.807) is 0 Å². The van der Waals surface area contributed by atoms with E-state index >= 15 is 0 Å². The first-order chi connectivity index (χ1) is 7.74. The van der Waals surface area contributed by atoms with Crippen LogP contribution in [0.1, 0.15) is 31.7 Å². The first kappa shape index (κ1) is 11.0. The maximum absolute atomic E-state index is 7.61. The van der Waals surface area contributed by atoms with E-state index in [0.717, 1.165) is 24.2 Å². The quantitative estimate of drug-likeness (QED) is 0.587. The Morgan fingerprint density at radius 2 is 2.12 bits per heavy atom. The van der Waals surface area contributed by atoms with E-state index in [9.17, 15) is 0 Å². The summed E-state index contributed by atoms with van der Waals surface area (Å²) in [7, 11) is 0. The monoisotopic (exact) mass is 217 g/mol. The topological polar surface area (TPSA) is 53.1 Å². The summed E-state index contributed by atoms with van der Waals surface area (Å²) in [4.78, 5) is 2.40. The molecular formula is C13H19N3. The molecule has 1 saturated carbocycles. The number of nitrogens with zero attached hydrogens (tertiary/aromatic N) is 1. The second kappa shape index (κ2) is 4.56. The predicted octanol–water partition coefficient (Wildman–Crippen LogP) is 2.35. The average molecular weight is 217 g/mol. The molecule has 0 heterocycles. The second-order valence-corrected chi connectivity index (χ2v) is 4.36. The minimum absolute atomic E-state index is 0.164. The molecule has 3 heteroatoms. The zero-order valence-corrected chi connectivity index (χ0v) is 9.74. The molecule has 1 aromatic rings. The molecule has 86 valence electrons. The summed E-state index contributed by atoms with van der Waals surface area (Å²) in [6, 6.07) is 8.64. The van der Waals surface area contributed by atoms with Crippen molar-refractivity contribution < 1.29 is 0 Å². The fraction of sp³-hybridized carbons (Fsp3) is 0.462. The van der Waals surface area contributed by atoms with E-state index in [1.165, 1.54) is 12.8 Å². The SMILES string of the molecule is CCCN(c1ccccc1C(=N)N)C1CC1.